The highest BCUT2D eigenvalue weighted by Crippen LogP contribution is 2.36. The molecular weight excluding hydrogens is 350 g/mol. The van der Waals surface area contributed by atoms with Crippen molar-refractivity contribution in [2.24, 2.45) is 0 Å². The highest BCUT2D eigenvalue weighted by atomic mass is 16.5. The zero-order valence-electron chi connectivity index (χ0n) is 16.6. The van der Waals surface area contributed by atoms with E-state index in [1.54, 1.807) is 0 Å². The molecule has 0 spiro atoms. The van der Waals surface area contributed by atoms with Gasteiger partial charge in [-0.3, -0.25) is 0 Å². The van der Waals surface area contributed by atoms with E-state index in [0.717, 1.165) is 22.6 Å². The van der Waals surface area contributed by atoms with E-state index in [0.29, 0.717) is 5.75 Å². The van der Waals surface area contributed by atoms with Crippen LogP contribution in [0.4, 0.5) is 17.1 Å². The Bertz CT molecular complexity index is 859. The molecule has 0 radical (unpaired) electrons. The molecule has 0 amide bonds. The fourth-order valence-electron chi connectivity index (χ4n) is 3.01. The van der Waals surface area contributed by atoms with Gasteiger partial charge in [-0.15, -0.1) is 0 Å². The van der Waals surface area contributed by atoms with Gasteiger partial charge in [-0.1, -0.05) is 35.4 Å². The molecule has 3 aromatic rings. The molecule has 0 saturated carbocycles. The number of aliphatic hydroxyl groups excluding tert-OH is 2. The van der Waals surface area contributed by atoms with Crippen molar-refractivity contribution in [1.82, 2.24) is 0 Å². The van der Waals surface area contributed by atoms with E-state index < -0.39 is 6.10 Å². The van der Waals surface area contributed by atoms with Gasteiger partial charge in [0.15, 0.2) is 0 Å². The number of hydrogen-bond acceptors (Lipinski definition) is 4. The predicted molar refractivity (Wildman–Crippen MR) is 114 cm³/mol. The highest BCUT2D eigenvalue weighted by Gasteiger charge is 2.14. The largest absolute Gasteiger partial charge is 0.491 e. The highest BCUT2D eigenvalue weighted by molar-refractivity contribution is 5.77. The average Bonchev–Trinajstić information content (AvgIpc) is 2.70. The quantitative estimate of drug-likeness (QED) is 0.620. The Morgan fingerprint density at radius 3 is 1.75 bits per heavy atom. The van der Waals surface area contributed by atoms with Crippen LogP contribution in [0.5, 0.6) is 5.75 Å². The lowest BCUT2D eigenvalue weighted by atomic mass is 10.1. The Labute approximate surface area is 166 Å². The number of anilines is 3. The van der Waals surface area contributed by atoms with Crippen LogP contribution < -0.4 is 9.64 Å². The molecule has 3 rings (SSSR count). The van der Waals surface area contributed by atoms with E-state index in [-0.39, 0.29) is 13.2 Å². The zero-order chi connectivity index (χ0) is 20.1. The van der Waals surface area contributed by atoms with Crippen LogP contribution >= 0.6 is 0 Å². The maximum absolute atomic E-state index is 9.51. The maximum Gasteiger partial charge on any atom is 0.122 e. The maximum atomic E-state index is 9.51. The van der Waals surface area contributed by atoms with Crippen LogP contribution in [-0.4, -0.2) is 29.5 Å². The molecule has 0 bridgehead atoms. The topological polar surface area (TPSA) is 52.9 Å². The van der Waals surface area contributed by atoms with Crippen molar-refractivity contribution in [3.63, 3.8) is 0 Å². The lowest BCUT2D eigenvalue weighted by Crippen LogP contribution is -2.21. The van der Waals surface area contributed by atoms with Crippen molar-refractivity contribution in [1.29, 1.82) is 0 Å². The van der Waals surface area contributed by atoms with Gasteiger partial charge in [-0.25, -0.2) is 0 Å². The third-order valence-electron chi connectivity index (χ3n) is 4.64. The number of benzene rings is 3. The van der Waals surface area contributed by atoms with Gasteiger partial charge < -0.3 is 19.8 Å². The summed E-state index contributed by atoms with van der Waals surface area (Å²) in [5.41, 5.74) is 6.59. The molecule has 4 heteroatoms. The summed E-state index contributed by atoms with van der Waals surface area (Å²) in [6.07, 6.45) is -0.879. The first-order valence-corrected chi connectivity index (χ1v) is 9.44. The third kappa shape index (κ3) is 4.71. The van der Waals surface area contributed by atoms with Crippen LogP contribution in [0, 0.1) is 20.8 Å². The van der Waals surface area contributed by atoms with E-state index in [4.69, 9.17) is 9.84 Å². The van der Waals surface area contributed by atoms with Gasteiger partial charge in [0.25, 0.3) is 0 Å². The van der Waals surface area contributed by atoms with Crippen LogP contribution in [0.1, 0.15) is 16.7 Å². The number of aryl methyl sites for hydroxylation is 3. The molecule has 0 aliphatic heterocycles. The summed E-state index contributed by atoms with van der Waals surface area (Å²) in [5.74, 6) is 0.698. The van der Waals surface area contributed by atoms with E-state index in [9.17, 15) is 5.11 Å². The van der Waals surface area contributed by atoms with Crippen molar-refractivity contribution >= 4 is 17.1 Å². The fourth-order valence-corrected chi connectivity index (χ4v) is 3.01. The van der Waals surface area contributed by atoms with Crippen LogP contribution in [0.3, 0.4) is 0 Å². The molecule has 1 unspecified atom stereocenters. The van der Waals surface area contributed by atoms with E-state index in [1.165, 1.54) is 11.1 Å². The van der Waals surface area contributed by atoms with Gasteiger partial charge in [-0.2, -0.15) is 0 Å². The molecule has 28 heavy (non-hydrogen) atoms. The van der Waals surface area contributed by atoms with Crippen molar-refractivity contribution in [2.45, 2.75) is 26.9 Å². The minimum Gasteiger partial charge on any atom is -0.491 e. The minimum absolute atomic E-state index is 0.0658. The molecule has 3 aromatic carbocycles. The Morgan fingerprint density at radius 2 is 1.29 bits per heavy atom. The molecule has 0 aliphatic rings. The lowest BCUT2D eigenvalue weighted by Gasteiger charge is -2.26. The van der Waals surface area contributed by atoms with Crippen LogP contribution in [-0.2, 0) is 0 Å². The van der Waals surface area contributed by atoms with Crippen molar-refractivity contribution < 1.29 is 14.9 Å². The van der Waals surface area contributed by atoms with Gasteiger partial charge in [0.1, 0.15) is 18.5 Å². The number of rotatable bonds is 7. The molecule has 146 valence electrons. The normalized spacial score (nSPS) is 11.9. The lowest BCUT2D eigenvalue weighted by molar-refractivity contribution is 0.0534. The number of hydrogen-bond donors (Lipinski definition) is 2. The first kappa shape index (κ1) is 19.9. The van der Waals surface area contributed by atoms with E-state index >= 15 is 0 Å². The number of nitrogens with zero attached hydrogens (tertiary/aromatic N) is 1. The zero-order valence-corrected chi connectivity index (χ0v) is 16.6. The molecule has 0 fully saturated rings. The summed E-state index contributed by atoms with van der Waals surface area (Å²) in [7, 11) is 0. The predicted octanol–water partition coefficient (Wildman–Crippen LogP) is 4.81. The summed E-state index contributed by atoms with van der Waals surface area (Å²) in [6, 6.07) is 22.9. The fraction of sp³-hybridized carbons (Fsp3) is 0.250. The smallest absolute Gasteiger partial charge is 0.122 e. The number of ether oxygens (including phenoxy) is 1. The molecule has 2 N–H and O–H groups in total. The van der Waals surface area contributed by atoms with Crippen LogP contribution in [0.2, 0.25) is 0 Å². The molecule has 0 aromatic heterocycles. The minimum atomic E-state index is -0.879. The van der Waals surface area contributed by atoms with Gasteiger partial charge in [0.05, 0.1) is 6.61 Å². The summed E-state index contributed by atoms with van der Waals surface area (Å²) >= 11 is 0. The molecule has 0 heterocycles. The Balaban J connectivity index is 1.97. The molecule has 4 nitrogen and oxygen atoms in total. The molecule has 0 saturated heterocycles. The Hall–Kier alpha value is -2.82. The third-order valence-corrected chi connectivity index (χ3v) is 4.64. The SMILES string of the molecule is Cc1ccc(N(c2ccc(C)cc2)c2ccc(OCC(O)CO)c(C)c2)cc1. The Morgan fingerprint density at radius 1 is 0.786 bits per heavy atom. The van der Waals surface area contributed by atoms with Crippen molar-refractivity contribution in [3.05, 3.63) is 83.4 Å². The second-order valence-electron chi connectivity index (χ2n) is 7.10. The van der Waals surface area contributed by atoms with Crippen LogP contribution in [0.25, 0.3) is 0 Å². The van der Waals surface area contributed by atoms with E-state index in [1.807, 2.05) is 19.1 Å². The molecule has 0 aliphatic carbocycles. The first-order chi connectivity index (χ1) is 13.5. The van der Waals surface area contributed by atoms with Crippen molar-refractivity contribution in [2.75, 3.05) is 18.1 Å². The summed E-state index contributed by atoms with van der Waals surface area (Å²) in [4.78, 5) is 2.21. The second kappa shape index (κ2) is 8.91. The second-order valence-corrected chi connectivity index (χ2v) is 7.10. The summed E-state index contributed by atoms with van der Waals surface area (Å²) < 4.78 is 5.64. The monoisotopic (exact) mass is 377 g/mol. The summed E-state index contributed by atoms with van der Waals surface area (Å²) in [6.45, 7) is 5.89. The van der Waals surface area contributed by atoms with E-state index in [2.05, 4.69) is 73.3 Å². The van der Waals surface area contributed by atoms with Gasteiger partial charge in [0, 0.05) is 17.1 Å². The van der Waals surface area contributed by atoms with Crippen LogP contribution in [0.15, 0.2) is 66.7 Å². The number of aliphatic hydroxyl groups is 2. The van der Waals surface area contributed by atoms with Gasteiger partial charge >= 0.3 is 0 Å². The standard InChI is InChI=1S/C24H27NO3/c1-17-4-8-20(9-5-17)25(21-10-6-18(2)7-11-21)22-12-13-24(19(3)14-22)28-16-23(27)15-26/h4-14,23,26-27H,15-16H2,1-3H3. The molecular formula is C24H27NO3. The first-order valence-electron chi connectivity index (χ1n) is 9.44. The average molecular weight is 377 g/mol. The van der Waals surface area contributed by atoms with Gasteiger partial charge in [-0.05, 0) is 68.8 Å². The Kier molecular flexibility index (Phi) is 6.34. The van der Waals surface area contributed by atoms with Crippen molar-refractivity contribution in [3.8, 4) is 5.75 Å². The summed E-state index contributed by atoms with van der Waals surface area (Å²) in [5, 5.41) is 18.5. The van der Waals surface area contributed by atoms with Gasteiger partial charge in [0.2, 0.25) is 0 Å². The molecule has 1 atom stereocenters.